The molecule has 1 saturated carbocycles. The first-order valence-electron chi connectivity index (χ1n) is 4.47. The Morgan fingerprint density at radius 1 is 1.40 bits per heavy atom. The van der Waals surface area contributed by atoms with E-state index in [2.05, 4.69) is 12.2 Å². The molecule has 1 fully saturated rings. The molecular formula is C9H19N. The minimum absolute atomic E-state index is 1.00. The van der Waals surface area contributed by atoms with Gasteiger partial charge in [0.15, 0.2) is 0 Å². The van der Waals surface area contributed by atoms with Crippen LogP contribution >= 0.6 is 0 Å². The number of hydrogen-bond acceptors (Lipinski definition) is 1. The van der Waals surface area contributed by atoms with Crippen LogP contribution in [0.1, 0.15) is 32.6 Å². The summed E-state index contributed by atoms with van der Waals surface area (Å²) >= 11 is 0. The molecule has 1 aliphatic rings. The monoisotopic (exact) mass is 141 g/mol. The van der Waals surface area contributed by atoms with Gasteiger partial charge in [-0.1, -0.05) is 19.8 Å². The maximum Gasteiger partial charge on any atom is -0.00493 e. The van der Waals surface area contributed by atoms with Gasteiger partial charge in [-0.05, 0) is 38.3 Å². The lowest BCUT2D eigenvalue weighted by Gasteiger charge is -2.07. The van der Waals surface area contributed by atoms with Crippen molar-refractivity contribution in [3.05, 3.63) is 0 Å². The molecule has 10 heavy (non-hydrogen) atoms. The molecule has 2 atom stereocenters. The van der Waals surface area contributed by atoms with E-state index in [0.29, 0.717) is 0 Å². The summed E-state index contributed by atoms with van der Waals surface area (Å²) in [7, 11) is 2.04. The van der Waals surface area contributed by atoms with Gasteiger partial charge < -0.3 is 5.32 Å². The molecule has 0 spiro atoms. The lowest BCUT2D eigenvalue weighted by molar-refractivity contribution is 0.471. The van der Waals surface area contributed by atoms with Gasteiger partial charge in [0.2, 0.25) is 0 Å². The molecule has 0 aromatic heterocycles. The fraction of sp³-hybridized carbons (Fsp3) is 1.00. The van der Waals surface area contributed by atoms with E-state index in [9.17, 15) is 0 Å². The van der Waals surface area contributed by atoms with Gasteiger partial charge in [0.1, 0.15) is 0 Å². The first-order valence-corrected chi connectivity index (χ1v) is 4.47. The van der Waals surface area contributed by atoms with Crippen LogP contribution < -0.4 is 5.32 Å². The Morgan fingerprint density at radius 3 is 2.70 bits per heavy atom. The summed E-state index contributed by atoms with van der Waals surface area (Å²) in [6.07, 6.45) is 5.81. The molecule has 0 amide bonds. The van der Waals surface area contributed by atoms with E-state index >= 15 is 0 Å². The summed E-state index contributed by atoms with van der Waals surface area (Å²) in [6.45, 7) is 3.58. The highest BCUT2D eigenvalue weighted by atomic mass is 14.8. The molecule has 2 unspecified atom stereocenters. The maximum absolute atomic E-state index is 3.21. The molecular weight excluding hydrogens is 122 g/mol. The summed E-state index contributed by atoms with van der Waals surface area (Å²) in [5, 5.41) is 3.21. The zero-order valence-corrected chi connectivity index (χ0v) is 7.19. The first kappa shape index (κ1) is 8.06. The average molecular weight is 141 g/mol. The smallest absolute Gasteiger partial charge is 0.00493 e. The largest absolute Gasteiger partial charge is 0.320 e. The minimum atomic E-state index is 1.00. The van der Waals surface area contributed by atoms with Gasteiger partial charge in [0.25, 0.3) is 0 Å². The lowest BCUT2D eigenvalue weighted by Crippen LogP contribution is -2.11. The second-order valence-corrected chi connectivity index (χ2v) is 3.68. The number of rotatable bonds is 3. The molecule has 0 saturated heterocycles. The SMILES string of the molecule is CNCCC1CCC(C)C1. The van der Waals surface area contributed by atoms with Crippen molar-refractivity contribution in [1.29, 1.82) is 0 Å². The molecule has 1 aliphatic carbocycles. The summed E-state index contributed by atoms with van der Waals surface area (Å²) in [6, 6.07) is 0. The second kappa shape index (κ2) is 3.97. The van der Waals surface area contributed by atoms with Crippen molar-refractivity contribution in [2.45, 2.75) is 32.6 Å². The molecule has 1 nitrogen and oxygen atoms in total. The average Bonchev–Trinajstić information content (AvgIpc) is 2.31. The molecule has 60 valence electrons. The maximum atomic E-state index is 3.21. The topological polar surface area (TPSA) is 12.0 Å². The number of nitrogens with one attached hydrogen (secondary N) is 1. The van der Waals surface area contributed by atoms with Crippen molar-refractivity contribution in [3.63, 3.8) is 0 Å². The van der Waals surface area contributed by atoms with E-state index in [-0.39, 0.29) is 0 Å². The standard InChI is InChI=1S/C9H19N/c1-8-3-4-9(7-8)5-6-10-2/h8-10H,3-7H2,1-2H3. The van der Waals surface area contributed by atoms with E-state index < -0.39 is 0 Å². The zero-order chi connectivity index (χ0) is 7.40. The van der Waals surface area contributed by atoms with Gasteiger partial charge in [-0.3, -0.25) is 0 Å². The molecule has 1 rings (SSSR count). The predicted octanol–water partition coefficient (Wildman–Crippen LogP) is 2.03. The zero-order valence-electron chi connectivity index (χ0n) is 7.19. The van der Waals surface area contributed by atoms with Crippen molar-refractivity contribution in [2.24, 2.45) is 11.8 Å². The van der Waals surface area contributed by atoms with Crippen LogP contribution in [-0.4, -0.2) is 13.6 Å². The van der Waals surface area contributed by atoms with Crippen LogP contribution in [0.25, 0.3) is 0 Å². The molecule has 0 heterocycles. The fourth-order valence-corrected chi connectivity index (χ4v) is 1.94. The lowest BCUT2D eigenvalue weighted by atomic mass is 10.0. The first-order chi connectivity index (χ1) is 4.83. The summed E-state index contributed by atoms with van der Waals surface area (Å²) in [5.41, 5.74) is 0. The Kier molecular flexibility index (Phi) is 3.20. The highest BCUT2D eigenvalue weighted by molar-refractivity contribution is 4.72. The summed E-state index contributed by atoms with van der Waals surface area (Å²) < 4.78 is 0. The molecule has 0 radical (unpaired) electrons. The minimum Gasteiger partial charge on any atom is -0.320 e. The van der Waals surface area contributed by atoms with E-state index in [4.69, 9.17) is 0 Å². The van der Waals surface area contributed by atoms with E-state index in [1.54, 1.807) is 0 Å². The van der Waals surface area contributed by atoms with E-state index in [1.165, 1.54) is 32.2 Å². The Morgan fingerprint density at radius 2 is 2.20 bits per heavy atom. The normalized spacial score (nSPS) is 33.0. The quantitative estimate of drug-likeness (QED) is 0.634. The molecule has 1 N–H and O–H groups in total. The van der Waals surface area contributed by atoms with Crippen LogP contribution in [0.2, 0.25) is 0 Å². The third-order valence-electron chi connectivity index (χ3n) is 2.61. The van der Waals surface area contributed by atoms with Crippen LogP contribution in [0.5, 0.6) is 0 Å². The van der Waals surface area contributed by atoms with Crippen molar-refractivity contribution in [3.8, 4) is 0 Å². The van der Waals surface area contributed by atoms with Crippen LogP contribution in [0.4, 0.5) is 0 Å². The van der Waals surface area contributed by atoms with Gasteiger partial charge >= 0.3 is 0 Å². The van der Waals surface area contributed by atoms with Gasteiger partial charge in [0, 0.05) is 0 Å². The van der Waals surface area contributed by atoms with Gasteiger partial charge in [0.05, 0.1) is 0 Å². The Bertz CT molecular complexity index is 90.7. The predicted molar refractivity (Wildman–Crippen MR) is 45.0 cm³/mol. The van der Waals surface area contributed by atoms with Crippen molar-refractivity contribution in [2.75, 3.05) is 13.6 Å². The van der Waals surface area contributed by atoms with Crippen LogP contribution in [0.15, 0.2) is 0 Å². The van der Waals surface area contributed by atoms with Crippen molar-refractivity contribution in [1.82, 2.24) is 5.32 Å². The summed E-state index contributed by atoms with van der Waals surface area (Å²) in [5.74, 6) is 2.03. The second-order valence-electron chi connectivity index (χ2n) is 3.68. The van der Waals surface area contributed by atoms with Crippen LogP contribution in [0, 0.1) is 11.8 Å². The third kappa shape index (κ3) is 2.30. The molecule has 0 aromatic rings. The van der Waals surface area contributed by atoms with Gasteiger partial charge in [-0.15, -0.1) is 0 Å². The Labute approximate surface area is 64.2 Å². The molecule has 0 aromatic carbocycles. The third-order valence-corrected chi connectivity index (χ3v) is 2.61. The Balaban J connectivity index is 2.06. The van der Waals surface area contributed by atoms with Crippen LogP contribution in [0.3, 0.4) is 0 Å². The van der Waals surface area contributed by atoms with Crippen LogP contribution in [-0.2, 0) is 0 Å². The Hall–Kier alpha value is -0.0400. The molecule has 0 bridgehead atoms. The summed E-state index contributed by atoms with van der Waals surface area (Å²) in [4.78, 5) is 0. The van der Waals surface area contributed by atoms with E-state index in [1.807, 2.05) is 7.05 Å². The van der Waals surface area contributed by atoms with Gasteiger partial charge in [-0.2, -0.15) is 0 Å². The van der Waals surface area contributed by atoms with Gasteiger partial charge in [-0.25, -0.2) is 0 Å². The molecule has 0 aliphatic heterocycles. The van der Waals surface area contributed by atoms with E-state index in [0.717, 1.165) is 11.8 Å². The number of hydrogen-bond donors (Lipinski definition) is 1. The molecule has 1 heteroatoms. The van der Waals surface area contributed by atoms with Crippen molar-refractivity contribution >= 4 is 0 Å². The van der Waals surface area contributed by atoms with Crippen molar-refractivity contribution < 1.29 is 0 Å². The highest BCUT2D eigenvalue weighted by Crippen LogP contribution is 2.31. The highest BCUT2D eigenvalue weighted by Gasteiger charge is 2.19. The fourth-order valence-electron chi connectivity index (χ4n) is 1.94.